The summed E-state index contributed by atoms with van der Waals surface area (Å²) in [6.07, 6.45) is 0. The number of ether oxygens (including phenoxy) is 2. The molecule has 0 aliphatic carbocycles. The summed E-state index contributed by atoms with van der Waals surface area (Å²) in [5.74, 6) is 0.192. The Labute approximate surface area is 87.6 Å². The maximum absolute atomic E-state index is 10.8. The second kappa shape index (κ2) is 4.54. The summed E-state index contributed by atoms with van der Waals surface area (Å²) in [4.78, 5) is 10.8. The molecule has 1 rings (SSSR count). The van der Waals surface area contributed by atoms with E-state index < -0.39 is 0 Å². The van der Waals surface area contributed by atoms with Crippen LogP contribution in [0.4, 0.5) is 5.69 Å². The molecule has 5 heteroatoms. The summed E-state index contributed by atoms with van der Waals surface area (Å²) in [6.45, 7) is 1.36. The Hall–Kier alpha value is -1.91. The summed E-state index contributed by atoms with van der Waals surface area (Å²) < 4.78 is 9.94. The van der Waals surface area contributed by atoms with Crippen LogP contribution in [0.5, 0.6) is 17.2 Å². The molecule has 0 saturated carbocycles. The molecule has 0 saturated heterocycles. The minimum atomic E-state index is -0.266. The van der Waals surface area contributed by atoms with Crippen molar-refractivity contribution in [2.45, 2.75) is 6.92 Å². The topological polar surface area (TPSA) is 67.8 Å². The fourth-order valence-electron chi connectivity index (χ4n) is 1.20. The summed E-state index contributed by atoms with van der Waals surface area (Å²) in [5.41, 5.74) is 0.292. The van der Waals surface area contributed by atoms with Crippen molar-refractivity contribution < 1.29 is 19.4 Å². The zero-order valence-corrected chi connectivity index (χ0v) is 8.83. The first-order valence-electron chi connectivity index (χ1n) is 4.31. The Balaban J connectivity index is 3.16. The van der Waals surface area contributed by atoms with Crippen molar-refractivity contribution >= 4 is 11.6 Å². The zero-order valence-electron chi connectivity index (χ0n) is 8.83. The van der Waals surface area contributed by atoms with Gasteiger partial charge in [-0.1, -0.05) is 0 Å². The number of benzene rings is 1. The standard InChI is InChI=1S/C10H13NO4/c1-6(12)11-7-4-5-8(14-2)10(15-3)9(7)13/h4-5,13H,1-3H3,(H,11,12). The highest BCUT2D eigenvalue weighted by Gasteiger charge is 2.14. The number of nitrogens with one attached hydrogen (secondary N) is 1. The third kappa shape index (κ3) is 2.31. The van der Waals surface area contributed by atoms with Gasteiger partial charge in [-0.25, -0.2) is 0 Å². The van der Waals surface area contributed by atoms with Crippen LogP contribution in [-0.4, -0.2) is 25.2 Å². The van der Waals surface area contributed by atoms with Gasteiger partial charge < -0.3 is 19.9 Å². The molecule has 1 aromatic carbocycles. The summed E-state index contributed by atoms with van der Waals surface area (Å²) >= 11 is 0. The zero-order chi connectivity index (χ0) is 11.4. The van der Waals surface area contributed by atoms with Gasteiger partial charge >= 0.3 is 0 Å². The van der Waals surface area contributed by atoms with Crippen LogP contribution in [-0.2, 0) is 4.79 Å². The van der Waals surface area contributed by atoms with Crippen molar-refractivity contribution in [3.63, 3.8) is 0 Å². The lowest BCUT2D eigenvalue weighted by Gasteiger charge is -2.12. The lowest BCUT2D eigenvalue weighted by molar-refractivity contribution is -0.114. The van der Waals surface area contributed by atoms with Crippen molar-refractivity contribution in [2.75, 3.05) is 19.5 Å². The molecule has 0 fully saturated rings. The predicted molar refractivity (Wildman–Crippen MR) is 55.5 cm³/mol. The molecule has 0 aliphatic rings. The minimum absolute atomic E-state index is 0.146. The van der Waals surface area contributed by atoms with Crippen molar-refractivity contribution in [1.29, 1.82) is 0 Å². The molecule has 1 amide bonds. The van der Waals surface area contributed by atoms with Gasteiger partial charge in [0, 0.05) is 6.92 Å². The van der Waals surface area contributed by atoms with Gasteiger partial charge in [-0.05, 0) is 12.1 Å². The third-order valence-corrected chi connectivity index (χ3v) is 1.83. The molecule has 1 aromatic rings. The molecule has 2 N–H and O–H groups in total. The highest BCUT2D eigenvalue weighted by atomic mass is 16.5. The van der Waals surface area contributed by atoms with Crippen LogP contribution in [0.15, 0.2) is 12.1 Å². The molecule has 0 aromatic heterocycles. The van der Waals surface area contributed by atoms with Gasteiger partial charge in [-0.3, -0.25) is 4.79 Å². The number of hydrogen-bond donors (Lipinski definition) is 2. The number of carbonyl (C=O) groups excluding carboxylic acids is 1. The van der Waals surface area contributed by atoms with Crippen molar-refractivity contribution in [3.8, 4) is 17.2 Å². The molecule has 0 atom stereocenters. The lowest BCUT2D eigenvalue weighted by Crippen LogP contribution is -2.06. The van der Waals surface area contributed by atoms with Crippen LogP contribution in [0.3, 0.4) is 0 Å². The van der Waals surface area contributed by atoms with E-state index in [2.05, 4.69) is 5.32 Å². The summed E-state index contributed by atoms with van der Waals surface area (Å²) in [7, 11) is 2.88. The average molecular weight is 211 g/mol. The smallest absolute Gasteiger partial charge is 0.221 e. The maximum Gasteiger partial charge on any atom is 0.221 e. The van der Waals surface area contributed by atoms with E-state index >= 15 is 0 Å². The molecule has 0 aliphatic heterocycles. The van der Waals surface area contributed by atoms with Crippen LogP contribution >= 0.6 is 0 Å². The van der Waals surface area contributed by atoms with E-state index in [1.807, 2.05) is 0 Å². The lowest BCUT2D eigenvalue weighted by atomic mass is 10.2. The van der Waals surface area contributed by atoms with Crippen molar-refractivity contribution in [2.24, 2.45) is 0 Å². The van der Waals surface area contributed by atoms with Gasteiger partial charge in [-0.15, -0.1) is 0 Å². The Kier molecular flexibility index (Phi) is 3.38. The van der Waals surface area contributed by atoms with E-state index in [4.69, 9.17) is 9.47 Å². The Bertz CT molecular complexity index is 376. The molecule has 0 spiro atoms. The molecule has 82 valence electrons. The number of anilines is 1. The normalized spacial score (nSPS) is 9.53. The predicted octanol–water partition coefficient (Wildman–Crippen LogP) is 1.37. The van der Waals surface area contributed by atoms with Gasteiger partial charge in [0.2, 0.25) is 11.7 Å². The minimum Gasteiger partial charge on any atom is -0.503 e. The Morgan fingerprint density at radius 3 is 2.47 bits per heavy atom. The first kappa shape index (κ1) is 11.2. The van der Waals surface area contributed by atoms with E-state index in [0.717, 1.165) is 0 Å². The third-order valence-electron chi connectivity index (χ3n) is 1.83. The molecule has 0 radical (unpaired) electrons. The fraction of sp³-hybridized carbons (Fsp3) is 0.300. The Morgan fingerprint density at radius 2 is 2.00 bits per heavy atom. The van der Waals surface area contributed by atoms with Gasteiger partial charge in [-0.2, -0.15) is 0 Å². The van der Waals surface area contributed by atoms with Crippen LogP contribution < -0.4 is 14.8 Å². The Morgan fingerprint density at radius 1 is 1.33 bits per heavy atom. The molecular weight excluding hydrogens is 198 g/mol. The highest BCUT2D eigenvalue weighted by molar-refractivity contribution is 5.91. The van der Waals surface area contributed by atoms with E-state index in [1.165, 1.54) is 27.2 Å². The molecular formula is C10H13NO4. The highest BCUT2D eigenvalue weighted by Crippen LogP contribution is 2.41. The van der Waals surface area contributed by atoms with Gasteiger partial charge in [0.05, 0.1) is 19.9 Å². The molecule has 15 heavy (non-hydrogen) atoms. The number of rotatable bonds is 3. The number of phenols is 1. The molecule has 0 bridgehead atoms. The van der Waals surface area contributed by atoms with E-state index in [0.29, 0.717) is 11.4 Å². The second-order valence-electron chi connectivity index (χ2n) is 2.88. The van der Waals surface area contributed by atoms with E-state index in [9.17, 15) is 9.90 Å². The SMILES string of the molecule is COc1ccc(NC(C)=O)c(O)c1OC. The summed E-state index contributed by atoms with van der Waals surface area (Å²) in [6, 6.07) is 3.14. The molecule has 0 unspecified atom stereocenters. The number of amides is 1. The average Bonchev–Trinajstić information content (AvgIpc) is 2.20. The first-order chi connectivity index (χ1) is 7.10. The number of methoxy groups -OCH3 is 2. The van der Waals surface area contributed by atoms with Crippen LogP contribution in [0.1, 0.15) is 6.92 Å². The van der Waals surface area contributed by atoms with Gasteiger partial charge in [0.15, 0.2) is 11.5 Å². The van der Waals surface area contributed by atoms with E-state index in [1.54, 1.807) is 6.07 Å². The summed E-state index contributed by atoms with van der Waals surface area (Å²) in [5, 5.41) is 12.2. The molecule has 0 heterocycles. The van der Waals surface area contributed by atoms with Crippen LogP contribution in [0.25, 0.3) is 0 Å². The van der Waals surface area contributed by atoms with Crippen LogP contribution in [0, 0.1) is 0 Å². The second-order valence-corrected chi connectivity index (χ2v) is 2.88. The van der Waals surface area contributed by atoms with E-state index in [-0.39, 0.29) is 17.4 Å². The quantitative estimate of drug-likeness (QED) is 0.741. The number of carbonyl (C=O) groups is 1. The van der Waals surface area contributed by atoms with Crippen LogP contribution in [0.2, 0.25) is 0 Å². The van der Waals surface area contributed by atoms with Crippen molar-refractivity contribution in [3.05, 3.63) is 12.1 Å². The maximum atomic E-state index is 10.8. The monoisotopic (exact) mass is 211 g/mol. The largest absolute Gasteiger partial charge is 0.503 e. The van der Waals surface area contributed by atoms with Gasteiger partial charge in [0.25, 0.3) is 0 Å². The van der Waals surface area contributed by atoms with Crippen molar-refractivity contribution in [1.82, 2.24) is 0 Å². The number of hydrogen-bond acceptors (Lipinski definition) is 4. The molecule has 5 nitrogen and oxygen atoms in total. The number of aromatic hydroxyl groups is 1. The fourth-order valence-corrected chi connectivity index (χ4v) is 1.20. The first-order valence-corrected chi connectivity index (χ1v) is 4.31. The number of phenolic OH excluding ortho intramolecular Hbond substituents is 1. The van der Waals surface area contributed by atoms with Gasteiger partial charge in [0.1, 0.15) is 0 Å².